The van der Waals surface area contributed by atoms with Crippen molar-refractivity contribution in [2.24, 2.45) is 0 Å². The van der Waals surface area contributed by atoms with Crippen LogP contribution in [0, 0.1) is 0 Å². The van der Waals surface area contributed by atoms with Crippen LogP contribution in [0.5, 0.6) is 0 Å². The third-order valence-corrected chi connectivity index (χ3v) is 17.3. The minimum absolute atomic E-state index is 0.0243. The van der Waals surface area contributed by atoms with E-state index in [1.54, 1.807) is 6.08 Å². The lowest BCUT2D eigenvalue weighted by Gasteiger charge is -2.21. The number of unbranched alkanes of at least 4 members (excludes halogenated alkanes) is 16. The van der Waals surface area contributed by atoms with Crippen molar-refractivity contribution in [3.8, 4) is 0 Å². The molecule has 5 unspecified atom stereocenters. The Labute approximate surface area is 628 Å². The summed E-state index contributed by atoms with van der Waals surface area (Å²) in [5.74, 6) is -2.45. The summed E-state index contributed by atoms with van der Waals surface area (Å²) in [6.07, 6.45) is 90.7. The van der Waals surface area contributed by atoms with Gasteiger partial charge in [-0.15, -0.1) is 0 Å². The molecule has 0 aromatic heterocycles. The molecule has 0 rings (SSSR count). The average molecular weight is 1490 g/mol. The number of aliphatic hydroxyl groups is 1. The first-order valence-corrected chi connectivity index (χ1v) is 42.0. The van der Waals surface area contributed by atoms with E-state index in [4.69, 9.17) is 37.0 Å². The Bertz CT molecular complexity index is 2690. The van der Waals surface area contributed by atoms with Crippen LogP contribution in [0.3, 0.4) is 0 Å². The fourth-order valence-corrected chi connectivity index (χ4v) is 11.2. The molecule has 0 radical (unpaired) electrons. The van der Waals surface area contributed by atoms with Crippen LogP contribution in [0.4, 0.5) is 0 Å². The number of allylic oxidation sites excluding steroid dienone is 29. The van der Waals surface area contributed by atoms with Crippen molar-refractivity contribution in [1.29, 1.82) is 0 Å². The van der Waals surface area contributed by atoms with Crippen molar-refractivity contribution in [2.75, 3.05) is 39.6 Å². The normalized spacial score (nSPS) is 14.9. The zero-order valence-corrected chi connectivity index (χ0v) is 65.9. The maximum absolute atomic E-state index is 13.1. The maximum Gasteiger partial charge on any atom is 0.472 e. The van der Waals surface area contributed by atoms with Gasteiger partial charge < -0.3 is 33.8 Å². The molecule has 0 aromatic carbocycles. The lowest BCUT2D eigenvalue weighted by molar-refractivity contribution is -0.161. The number of rotatable bonds is 71. The number of carbonyl (C=O) groups is 4. The first-order valence-electron chi connectivity index (χ1n) is 39.0. The van der Waals surface area contributed by atoms with Crippen LogP contribution < -0.4 is 0 Å². The van der Waals surface area contributed by atoms with E-state index >= 15 is 0 Å². The number of phosphoric acid groups is 2. The lowest BCUT2D eigenvalue weighted by Crippen LogP contribution is -2.30. The summed E-state index contributed by atoms with van der Waals surface area (Å²) < 4.78 is 68.3. The molecule has 0 aromatic rings. The van der Waals surface area contributed by atoms with Gasteiger partial charge in [-0.05, 0) is 128 Å². The highest BCUT2D eigenvalue weighted by Gasteiger charge is 2.30. The third kappa shape index (κ3) is 74.4. The van der Waals surface area contributed by atoms with Crippen LogP contribution in [-0.4, -0.2) is 96.7 Å². The Morgan fingerprint density at radius 1 is 0.288 bits per heavy atom. The van der Waals surface area contributed by atoms with E-state index in [0.717, 1.165) is 148 Å². The second kappa shape index (κ2) is 75.4. The van der Waals surface area contributed by atoms with Gasteiger partial charge in [-0.2, -0.15) is 0 Å². The molecular weight excluding hydrogens is 1350 g/mol. The Morgan fingerprint density at radius 3 is 0.894 bits per heavy atom. The van der Waals surface area contributed by atoms with E-state index in [2.05, 4.69) is 167 Å². The molecule has 588 valence electrons. The summed E-state index contributed by atoms with van der Waals surface area (Å²) in [6.45, 7) is 4.28. The summed E-state index contributed by atoms with van der Waals surface area (Å²) in [6, 6.07) is 0. The Balaban J connectivity index is 5.50. The van der Waals surface area contributed by atoms with Gasteiger partial charge in [0, 0.05) is 19.3 Å². The molecule has 19 heteroatoms. The highest BCUT2D eigenvalue weighted by atomic mass is 31.2. The average Bonchev–Trinajstić information content (AvgIpc) is 0.928. The highest BCUT2D eigenvalue weighted by Crippen LogP contribution is 2.45. The number of esters is 4. The molecule has 5 atom stereocenters. The minimum atomic E-state index is -5.01. The van der Waals surface area contributed by atoms with Gasteiger partial charge in [-0.3, -0.25) is 37.3 Å². The number of hydrogen-bond donors (Lipinski definition) is 3. The molecular formula is C85H136O17P2. The van der Waals surface area contributed by atoms with Gasteiger partial charge in [-0.1, -0.05) is 300 Å². The van der Waals surface area contributed by atoms with E-state index in [9.17, 15) is 43.2 Å². The second-order valence-electron chi connectivity index (χ2n) is 25.2. The summed E-state index contributed by atoms with van der Waals surface area (Å²) in [7, 11) is -10.0. The molecule has 0 spiro atoms. The molecule has 0 amide bonds. The minimum Gasteiger partial charge on any atom is -0.462 e. The SMILES string of the molecule is CC/C=C\C/C=C\C/C=C\C/C=C\C/C=C\C/C=C\CCC(=O)OCC(COP(=O)(O)OCC(O)COP(=O)(O)OCC(COC(=O)C/C=C\C/C=C\C/C=C\C/C=C\C/C=C\CC)OC(=O)CCCCCCCCCCCCC)OC(=O)CCCCCCCC/C=C\C/C=C\C/C=C\C/C=C\CC. The highest BCUT2D eigenvalue weighted by molar-refractivity contribution is 7.47. The zero-order valence-electron chi connectivity index (χ0n) is 64.1. The molecule has 0 bridgehead atoms. The van der Waals surface area contributed by atoms with Gasteiger partial charge in [0.2, 0.25) is 0 Å². The van der Waals surface area contributed by atoms with Crippen LogP contribution in [-0.2, 0) is 65.4 Å². The summed E-state index contributed by atoms with van der Waals surface area (Å²) >= 11 is 0. The number of hydrogen-bond acceptors (Lipinski definition) is 15. The van der Waals surface area contributed by atoms with Crippen molar-refractivity contribution >= 4 is 39.5 Å². The van der Waals surface area contributed by atoms with E-state index in [1.165, 1.54) is 38.5 Å². The van der Waals surface area contributed by atoms with Gasteiger partial charge in [-0.25, -0.2) is 9.13 Å². The molecule has 0 aliphatic carbocycles. The molecule has 17 nitrogen and oxygen atoms in total. The van der Waals surface area contributed by atoms with E-state index in [1.807, 2.05) is 36.5 Å². The first kappa shape index (κ1) is 98.2. The Morgan fingerprint density at radius 2 is 0.558 bits per heavy atom. The van der Waals surface area contributed by atoms with E-state index in [0.29, 0.717) is 32.1 Å². The van der Waals surface area contributed by atoms with Gasteiger partial charge >= 0.3 is 39.5 Å². The molecule has 0 heterocycles. The number of ether oxygens (including phenoxy) is 4. The van der Waals surface area contributed by atoms with Crippen molar-refractivity contribution in [2.45, 2.75) is 290 Å². The topological polar surface area (TPSA) is 237 Å². The van der Waals surface area contributed by atoms with Crippen LogP contribution in [0.2, 0.25) is 0 Å². The number of aliphatic hydroxyl groups excluding tert-OH is 1. The quantitative estimate of drug-likeness (QED) is 0.0169. The third-order valence-electron chi connectivity index (χ3n) is 15.4. The molecule has 0 saturated carbocycles. The van der Waals surface area contributed by atoms with Crippen LogP contribution in [0.1, 0.15) is 272 Å². The molecule has 0 saturated heterocycles. The van der Waals surface area contributed by atoms with E-state index < -0.39 is 97.5 Å². The molecule has 3 N–H and O–H groups in total. The lowest BCUT2D eigenvalue weighted by atomic mass is 10.1. The summed E-state index contributed by atoms with van der Waals surface area (Å²) in [4.78, 5) is 72.8. The van der Waals surface area contributed by atoms with Crippen molar-refractivity contribution in [1.82, 2.24) is 0 Å². The predicted molar refractivity (Wildman–Crippen MR) is 426 cm³/mol. The van der Waals surface area contributed by atoms with Gasteiger partial charge in [0.15, 0.2) is 12.2 Å². The number of carbonyl (C=O) groups excluding carboxylic acids is 4. The van der Waals surface area contributed by atoms with Crippen molar-refractivity contribution in [3.63, 3.8) is 0 Å². The molecule has 0 fully saturated rings. The van der Waals surface area contributed by atoms with Crippen molar-refractivity contribution < 1.29 is 80.2 Å². The first-order chi connectivity index (χ1) is 50.7. The standard InChI is InChI=1S/C85H136O17P2/c1-5-9-13-17-21-25-29-32-35-37-39-41-44-47-51-54-58-62-66-70-83(88)96-76-81(102-85(90)72-68-64-60-56-52-48-45-42-40-38-36-33-30-26-22-18-14-10-6-2)78-100-104(93,94)98-74-79(86)73-97-103(91,92)99-77-80(101-84(89)71-67-63-59-55-49-28-24-20-16-12-8-4)75-95-82(87)69-65-61-57-53-50-46-43-34-31-27-23-19-15-11-7-3/h9-11,13-15,21-23,25-27,32-36,39-43,47,50-51,53,58,61-62,65,79-81,86H,5-8,12,16-20,24,28-31,37-38,44-46,48-49,52,54-57,59-60,63-64,66-78H2,1-4H3,(H,91,92)(H,93,94)/b13-9-,14-10-,15-11-,25-21-,26-22-,27-23-,35-32-,36-33-,41-39-,42-40-,43-34-,51-47-,53-50-,62-58-,65-61-. The number of phosphoric ester groups is 2. The Hall–Kier alpha value is -5.84. The summed E-state index contributed by atoms with van der Waals surface area (Å²) in [5.41, 5.74) is 0. The zero-order chi connectivity index (χ0) is 76.0. The van der Waals surface area contributed by atoms with Gasteiger partial charge in [0.25, 0.3) is 0 Å². The predicted octanol–water partition coefficient (Wildman–Crippen LogP) is 22.8. The Kier molecular flexibility index (Phi) is 71.2. The van der Waals surface area contributed by atoms with Gasteiger partial charge in [0.05, 0.1) is 32.8 Å². The van der Waals surface area contributed by atoms with Crippen LogP contribution in [0.15, 0.2) is 182 Å². The molecule has 0 aliphatic rings. The van der Waals surface area contributed by atoms with Crippen LogP contribution >= 0.6 is 15.6 Å². The fraction of sp³-hybridized carbons (Fsp3) is 0.600. The molecule has 0 aliphatic heterocycles. The monoisotopic (exact) mass is 1490 g/mol. The molecule has 104 heavy (non-hydrogen) atoms. The maximum atomic E-state index is 13.1. The van der Waals surface area contributed by atoms with Crippen molar-refractivity contribution in [3.05, 3.63) is 182 Å². The second-order valence-corrected chi connectivity index (χ2v) is 28.1. The summed E-state index contributed by atoms with van der Waals surface area (Å²) in [5, 5.41) is 10.6. The van der Waals surface area contributed by atoms with E-state index in [-0.39, 0.29) is 25.7 Å². The fourth-order valence-electron chi connectivity index (χ4n) is 9.60. The largest absolute Gasteiger partial charge is 0.472 e. The van der Waals surface area contributed by atoms with Gasteiger partial charge in [0.1, 0.15) is 19.3 Å². The smallest absolute Gasteiger partial charge is 0.462 e. The van der Waals surface area contributed by atoms with Crippen LogP contribution in [0.25, 0.3) is 0 Å².